The van der Waals surface area contributed by atoms with Gasteiger partial charge in [0.25, 0.3) is 0 Å². The van der Waals surface area contributed by atoms with E-state index in [0.29, 0.717) is 0 Å². The molecular weight excluding hydrogens is 208 g/mol. The quantitative estimate of drug-likeness (QED) is 0.545. The summed E-state index contributed by atoms with van der Waals surface area (Å²) in [6.45, 7) is 7.35. The van der Waals surface area contributed by atoms with Gasteiger partial charge < -0.3 is 19.3 Å². The monoisotopic (exact) mass is 224 g/mol. The predicted octanol–water partition coefficient (Wildman–Crippen LogP) is 0.479. The number of terminal acetylenes is 1. The fraction of sp³-hybridized carbons (Fsp3) is 0.500. The Morgan fingerprint density at radius 1 is 1.62 bits per heavy atom. The summed E-state index contributed by atoms with van der Waals surface area (Å²) in [7, 11) is 1.42. The van der Waals surface area contributed by atoms with Crippen molar-refractivity contribution in [3.05, 3.63) is 25.3 Å². The van der Waals surface area contributed by atoms with Crippen molar-refractivity contribution in [1.82, 2.24) is 0 Å². The minimum Gasteiger partial charge on any atom is -0.384 e. The van der Waals surface area contributed by atoms with Crippen molar-refractivity contribution in [2.75, 3.05) is 13.7 Å². The Balaban J connectivity index is 2.98. The number of ether oxygens (including phenoxy) is 3. The molecule has 1 saturated heterocycles. The van der Waals surface area contributed by atoms with Crippen LogP contribution in [0.1, 0.15) is 0 Å². The average Bonchev–Trinajstić information content (AvgIpc) is 2.59. The topological polar surface area (TPSA) is 47.9 Å². The summed E-state index contributed by atoms with van der Waals surface area (Å²) in [6, 6.07) is 0. The van der Waals surface area contributed by atoms with E-state index in [1.807, 2.05) is 0 Å². The van der Waals surface area contributed by atoms with Crippen LogP contribution in [0.3, 0.4) is 0 Å². The highest BCUT2D eigenvalue weighted by Gasteiger charge is 2.55. The minimum absolute atomic E-state index is 0.214. The Bertz CT molecular complexity index is 307. The fourth-order valence-electron chi connectivity index (χ4n) is 1.68. The van der Waals surface area contributed by atoms with Gasteiger partial charge >= 0.3 is 0 Å². The summed E-state index contributed by atoms with van der Waals surface area (Å²) in [5.41, 5.74) is -1.27. The number of hydrogen-bond acceptors (Lipinski definition) is 4. The van der Waals surface area contributed by atoms with E-state index in [-0.39, 0.29) is 6.61 Å². The molecule has 0 spiro atoms. The van der Waals surface area contributed by atoms with E-state index in [2.05, 4.69) is 19.1 Å². The first-order chi connectivity index (χ1) is 7.66. The highest BCUT2D eigenvalue weighted by atomic mass is 16.7. The van der Waals surface area contributed by atoms with Crippen LogP contribution in [0.4, 0.5) is 0 Å². The molecule has 88 valence electrons. The Labute approximate surface area is 95.5 Å². The number of hydrogen-bond donors (Lipinski definition) is 1. The standard InChI is InChI=1S/C12H16O4/c1-5-8-15-12(7-3)9(6-2)16-11(14-4)10(12)13/h3,5-6,9-11,13H,1-2,8H2,4H3/t9-,10+,11-,12-/m1/s1. The molecule has 0 radical (unpaired) electrons. The minimum atomic E-state index is -1.27. The zero-order valence-corrected chi connectivity index (χ0v) is 9.26. The molecule has 1 aliphatic heterocycles. The van der Waals surface area contributed by atoms with Gasteiger partial charge in [0.1, 0.15) is 12.2 Å². The summed E-state index contributed by atoms with van der Waals surface area (Å²) in [4.78, 5) is 0. The van der Waals surface area contributed by atoms with Crippen molar-refractivity contribution in [3.8, 4) is 12.3 Å². The summed E-state index contributed by atoms with van der Waals surface area (Å²) in [5.74, 6) is 2.43. The van der Waals surface area contributed by atoms with Crippen molar-refractivity contribution >= 4 is 0 Å². The van der Waals surface area contributed by atoms with Gasteiger partial charge in [-0.25, -0.2) is 0 Å². The highest BCUT2D eigenvalue weighted by Crippen LogP contribution is 2.35. The molecule has 1 fully saturated rings. The molecule has 16 heavy (non-hydrogen) atoms. The lowest BCUT2D eigenvalue weighted by Crippen LogP contribution is -2.49. The van der Waals surface area contributed by atoms with E-state index in [0.717, 1.165) is 0 Å². The maximum atomic E-state index is 10.0. The highest BCUT2D eigenvalue weighted by molar-refractivity contribution is 5.24. The van der Waals surface area contributed by atoms with Crippen molar-refractivity contribution < 1.29 is 19.3 Å². The van der Waals surface area contributed by atoms with Gasteiger partial charge in [0.05, 0.1) is 6.61 Å². The molecule has 0 amide bonds. The molecule has 1 rings (SSSR count). The molecule has 1 N–H and O–H groups in total. The second kappa shape index (κ2) is 5.28. The van der Waals surface area contributed by atoms with E-state index < -0.39 is 24.1 Å². The Hall–Kier alpha value is -1.12. The van der Waals surface area contributed by atoms with Crippen LogP contribution in [0, 0.1) is 12.3 Å². The summed E-state index contributed by atoms with van der Waals surface area (Å²) in [5, 5.41) is 10.0. The Morgan fingerprint density at radius 3 is 2.75 bits per heavy atom. The largest absolute Gasteiger partial charge is 0.384 e. The second-order valence-corrected chi connectivity index (χ2v) is 3.38. The molecule has 4 atom stereocenters. The van der Waals surface area contributed by atoms with Crippen LogP contribution in [0.15, 0.2) is 25.3 Å². The van der Waals surface area contributed by atoms with Crippen LogP contribution >= 0.6 is 0 Å². The number of rotatable bonds is 5. The summed E-state index contributed by atoms with van der Waals surface area (Å²) >= 11 is 0. The SMILES string of the molecule is C#C[C@@]1(OCC=C)[C@@H](C=C)O[C@@H](OC)[C@@H]1O. The zero-order chi connectivity index (χ0) is 12.2. The maximum Gasteiger partial charge on any atom is 0.188 e. The zero-order valence-electron chi connectivity index (χ0n) is 9.26. The third kappa shape index (κ3) is 1.91. The van der Waals surface area contributed by atoms with Crippen molar-refractivity contribution in [2.45, 2.75) is 24.1 Å². The van der Waals surface area contributed by atoms with Crippen LogP contribution in [0.5, 0.6) is 0 Å². The molecule has 4 nitrogen and oxygen atoms in total. The van der Waals surface area contributed by atoms with E-state index in [4.69, 9.17) is 20.6 Å². The van der Waals surface area contributed by atoms with Crippen LogP contribution < -0.4 is 0 Å². The van der Waals surface area contributed by atoms with Crippen LogP contribution in [-0.2, 0) is 14.2 Å². The number of methoxy groups -OCH3 is 1. The number of aliphatic hydroxyl groups is 1. The first kappa shape index (κ1) is 12.9. The van der Waals surface area contributed by atoms with E-state index in [1.165, 1.54) is 13.2 Å². The van der Waals surface area contributed by atoms with Gasteiger partial charge in [-0.3, -0.25) is 0 Å². The molecule has 0 unspecified atom stereocenters. The molecule has 0 aliphatic carbocycles. The van der Waals surface area contributed by atoms with Gasteiger partial charge in [0.2, 0.25) is 0 Å². The molecular formula is C12H16O4. The fourth-order valence-corrected chi connectivity index (χ4v) is 1.68. The van der Waals surface area contributed by atoms with Gasteiger partial charge in [0.15, 0.2) is 11.9 Å². The third-order valence-electron chi connectivity index (χ3n) is 2.51. The Morgan fingerprint density at radius 2 is 2.31 bits per heavy atom. The second-order valence-electron chi connectivity index (χ2n) is 3.38. The molecule has 0 bridgehead atoms. The van der Waals surface area contributed by atoms with Gasteiger partial charge in [-0.1, -0.05) is 18.1 Å². The Kier molecular flexibility index (Phi) is 4.27. The van der Waals surface area contributed by atoms with Gasteiger partial charge in [-0.05, 0) is 0 Å². The average molecular weight is 224 g/mol. The van der Waals surface area contributed by atoms with Gasteiger partial charge in [-0.15, -0.1) is 19.6 Å². The summed E-state index contributed by atoms with van der Waals surface area (Å²) in [6.07, 6.45) is 5.98. The normalized spacial score (nSPS) is 37.9. The third-order valence-corrected chi connectivity index (χ3v) is 2.51. The van der Waals surface area contributed by atoms with E-state index >= 15 is 0 Å². The summed E-state index contributed by atoms with van der Waals surface area (Å²) < 4.78 is 15.8. The lowest BCUT2D eigenvalue weighted by atomic mass is 9.93. The molecule has 0 aromatic heterocycles. The molecule has 0 aromatic rings. The predicted molar refractivity (Wildman–Crippen MR) is 59.6 cm³/mol. The van der Waals surface area contributed by atoms with E-state index in [1.54, 1.807) is 6.08 Å². The molecule has 0 saturated carbocycles. The van der Waals surface area contributed by atoms with Gasteiger partial charge in [-0.2, -0.15) is 0 Å². The van der Waals surface area contributed by atoms with Crippen molar-refractivity contribution in [2.24, 2.45) is 0 Å². The lowest BCUT2D eigenvalue weighted by molar-refractivity contribution is -0.145. The molecule has 0 aromatic carbocycles. The lowest BCUT2D eigenvalue weighted by Gasteiger charge is -2.29. The smallest absolute Gasteiger partial charge is 0.188 e. The molecule has 1 heterocycles. The maximum absolute atomic E-state index is 10.0. The van der Waals surface area contributed by atoms with Gasteiger partial charge in [0, 0.05) is 7.11 Å². The number of aliphatic hydroxyl groups excluding tert-OH is 1. The van der Waals surface area contributed by atoms with Crippen LogP contribution in [0.25, 0.3) is 0 Å². The van der Waals surface area contributed by atoms with E-state index in [9.17, 15) is 5.11 Å². The first-order valence-electron chi connectivity index (χ1n) is 4.87. The molecule has 4 heteroatoms. The van der Waals surface area contributed by atoms with Crippen molar-refractivity contribution in [1.29, 1.82) is 0 Å². The van der Waals surface area contributed by atoms with Crippen molar-refractivity contribution in [3.63, 3.8) is 0 Å². The molecule has 1 aliphatic rings. The van der Waals surface area contributed by atoms with Crippen LogP contribution in [-0.4, -0.2) is 42.9 Å². The first-order valence-corrected chi connectivity index (χ1v) is 4.87. The van der Waals surface area contributed by atoms with Crippen LogP contribution in [0.2, 0.25) is 0 Å².